The maximum Gasteiger partial charge on any atom is 0.416 e. The van der Waals surface area contributed by atoms with E-state index < -0.39 is 23.2 Å². The van der Waals surface area contributed by atoms with Crippen molar-refractivity contribution >= 4 is 46.5 Å². The molecule has 0 fully saturated rings. The van der Waals surface area contributed by atoms with E-state index in [1.54, 1.807) is 6.92 Å². The highest BCUT2D eigenvalue weighted by molar-refractivity contribution is 6.38. The van der Waals surface area contributed by atoms with E-state index in [2.05, 4.69) is 15.0 Å². The molecular weight excluding hydrogens is 355 g/mol. The highest BCUT2D eigenvalue weighted by Crippen LogP contribution is 2.40. The Labute approximate surface area is 132 Å². The zero-order valence-corrected chi connectivity index (χ0v) is 12.7. The molecule has 0 amide bonds. The molecular formula is C11H8Cl3F3N2O2. The molecule has 1 rings (SSSR count). The fraction of sp³-hybridized carbons (Fsp3) is 0.364. The first kappa shape index (κ1) is 18.0. The van der Waals surface area contributed by atoms with E-state index in [9.17, 15) is 18.0 Å². The van der Waals surface area contributed by atoms with E-state index in [0.29, 0.717) is 12.1 Å². The lowest BCUT2D eigenvalue weighted by molar-refractivity contribution is -0.142. The van der Waals surface area contributed by atoms with Gasteiger partial charge in [-0.3, -0.25) is 0 Å². The Morgan fingerprint density at radius 1 is 1.33 bits per heavy atom. The standard InChI is InChI=1S/C11H8Cl3F3N2O2/c1-2-21-10(20)9(14)19-18-8-6(12)3-5(4-7(8)13)11(15,16)17/h3-4,9H,2H2,1H3. The smallest absolute Gasteiger partial charge is 0.416 e. The molecule has 0 saturated carbocycles. The summed E-state index contributed by atoms with van der Waals surface area (Å²) in [6.07, 6.45) is -4.59. The van der Waals surface area contributed by atoms with Gasteiger partial charge in [0, 0.05) is 0 Å². The second kappa shape index (κ2) is 7.29. The number of ether oxygens (including phenoxy) is 1. The Balaban J connectivity index is 3.02. The van der Waals surface area contributed by atoms with Crippen molar-refractivity contribution in [3.05, 3.63) is 27.7 Å². The molecule has 0 aliphatic carbocycles. The van der Waals surface area contributed by atoms with Gasteiger partial charge in [-0.15, -0.1) is 0 Å². The van der Waals surface area contributed by atoms with E-state index in [1.165, 1.54) is 0 Å². The molecule has 1 aromatic rings. The first-order valence-corrected chi connectivity index (χ1v) is 6.63. The number of azo groups is 1. The maximum atomic E-state index is 12.5. The summed E-state index contributed by atoms with van der Waals surface area (Å²) in [5, 5.41) is 6.15. The molecule has 21 heavy (non-hydrogen) atoms. The van der Waals surface area contributed by atoms with E-state index in [1.807, 2.05) is 0 Å². The highest BCUT2D eigenvalue weighted by Gasteiger charge is 2.32. The van der Waals surface area contributed by atoms with Crippen LogP contribution in [0.1, 0.15) is 12.5 Å². The molecule has 0 bridgehead atoms. The summed E-state index contributed by atoms with van der Waals surface area (Å²) in [5.74, 6) is -0.845. The lowest BCUT2D eigenvalue weighted by Gasteiger charge is -2.09. The third-order valence-corrected chi connectivity index (χ3v) is 2.93. The van der Waals surface area contributed by atoms with Gasteiger partial charge in [0.15, 0.2) is 0 Å². The summed E-state index contributed by atoms with van der Waals surface area (Å²) in [7, 11) is 0. The van der Waals surface area contributed by atoms with E-state index >= 15 is 0 Å². The van der Waals surface area contributed by atoms with Gasteiger partial charge in [0.1, 0.15) is 5.69 Å². The normalized spacial score (nSPS) is 13.5. The van der Waals surface area contributed by atoms with Crippen molar-refractivity contribution < 1.29 is 22.7 Å². The molecule has 0 saturated heterocycles. The van der Waals surface area contributed by atoms with Crippen molar-refractivity contribution in [3.8, 4) is 0 Å². The van der Waals surface area contributed by atoms with Crippen LogP contribution in [0.2, 0.25) is 10.0 Å². The Kier molecular flexibility index (Phi) is 6.24. The monoisotopic (exact) mass is 362 g/mol. The van der Waals surface area contributed by atoms with Gasteiger partial charge in [0.05, 0.1) is 22.2 Å². The van der Waals surface area contributed by atoms with Crippen LogP contribution in [-0.4, -0.2) is 18.1 Å². The van der Waals surface area contributed by atoms with Crippen molar-refractivity contribution in [2.24, 2.45) is 10.2 Å². The Morgan fingerprint density at radius 2 is 1.86 bits per heavy atom. The topological polar surface area (TPSA) is 51.0 Å². The molecule has 0 heterocycles. The fourth-order valence-electron chi connectivity index (χ4n) is 1.19. The number of nitrogens with zero attached hydrogens (tertiary/aromatic N) is 2. The minimum atomic E-state index is -4.59. The second-order valence-corrected chi connectivity index (χ2v) is 4.82. The molecule has 0 aromatic heterocycles. The van der Waals surface area contributed by atoms with Crippen LogP contribution in [0.3, 0.4) is 0 Å². The van der Waals surface area contributed by atoms with Gasteiger partial charge in [-0.25, -0.2) is 4.79 Å². The average Bonchev–Trinajstić information content (AvgIpc) is 2.36. The van der Waals surface area contributed by atoms with E-state index in [-0.39, 0.29) is 22.3 Å². The quantitative estimate of drug-likeness (QED) is 0.318. The summed E-state index contributed by atoms with van der Waals surface area (Å²) in [6, 6.07) is 1.30. The highest BCUT2D eigenvalue weighted by atomic mass is 35.5. The molecule has 0 spiro atoms. The predicted octanol–water partition coefficient (Wildman–Crippen LogP) is 5.22. The number of carbonyl (C=O) groups is 1. The largest absolute Gasteiger partial charge is 0.463 e. The third-order valence-electron chi connectivity index (χ3n) is 2.08. The summed E-state index contributed by atoms with van der Waals surface area (Å²) < 4.78 is 42.2. The van der Waals surface area contributed by atoms with Crippen LogP contribution in [0.15, 0.2) is 22.4 Å². The number of benzene rings is 1. The first-order valence-electron chi connectivity index (χ1n) is 5.44. The van der Waals surface area contributed by atoms with Crippen LogP contribution < -0.4 is 0 Å². The van der Waals surface area contributed by atoms with Crippen LogP contribution in [0.4, 0.5) is 18.9 Å². The number of carbonyl (C=O) groups excluding carboxylic acids is 1. The van der Waals surface area contributed by atoms with E-state index in [0.717, 1.165) is 0 Å². The number of hydrogen-bond acceptors (Lipinski definition) is 4. The molecule has 0 aliphatic heterocycles. The molecule has 10 heteroatoms. The minimum Gasteiger partial charge on any atom is -0.463 e. The van der Waals surface area contributed by atoms with Crippen molar-refractivity contribution in [3.63, 3.8) is 0 Å². The molecule has 1 atom stereocenters. The number of hydrogen-bond donors (Lipinski definition) is 0. The van der Waals surface area contributed by atoms with E-state index in [4.69, 9.17) is 34.8 Å². The lowest BCUT2D eigenvalue weighted by atomic mass is 10.2. The number of rotatable bonds is 4. The minimum absolute atomic E-state index is 0.0966. The van der Waals surface area contributed by atoms with Gasteiger partial charge in [0.25, 0.3) is 0 Å². The second-order valence-electron chi connectivity index (χ2n) is 3.59. The van der Waals surface area contributed by atoms with Crippen LogP contribution in [0.25, 0.3) is 0 Å². The number of halogens is 6. The van der Waals surface area contributed by atoms with Crippen molar-refractivity contribution in [1.82, 2.24) is 0 Å². The SMILES string of the molecule is CCOC(=O)C(Cl)N=Nc1c(Cl)cc(C(F)(F)F)cc1Cl. The third kappa shape index (κ3) is 5.01. The molecule has 0 aliphatic rings. The van der Waals surface area contributed by atoms with Crippen molar-refractivity contribution in [2.75, 3.05) is 6.61 Å². The molecule has 4 nitrogen and oxygen atoms in total. The van der Waals surface area contributed by atoms with Gasteiger partial charge in [-0.1, -0.05) is 34.8 Å². The van der Waals surface area contributed by atoms with Crippen molar-refractivity contribution in [1.29, 1.82) is 0 Å². The summed E-state index contributed by atoms with van der Waals surface area (Å²) in [4.78, 5) is 11.2. The number of esters is 1. The van der Waals surface area contributed by atoms with Gasteiger partial charge in [-0.05, 0) is 19.1 Å². The molecule has 0 N–H and O–H groups in total. The predicted molar refractivity (Wildman–Crippen MR) is 72.3 cm³/mol. The van der Waals surface area contributed by atoms with Gasteiger partial charge >= 0.3 is 12.1 Å². The van der Waals surface area contributed by atoms with Gasteiger partial charge in [0.2, 0.25) is 5.50 Å². The Hall–Kier alpha value is -1.05. The fourth-order valence-corrected chi connectivity index (χ4v) is 1.86. The molecule has 116 valence electrons. The zero-order valence-electron chi connectivity index (χ0n) is 10.4. The van der Waals surface area contributed by atoms with Crippen LogP contribution in [0, 0.1) is 0 Å². The van der Waals surface area contributed by atoms with Gasteiger partial charge in [-0.2, -0.15) is 23.4 Å². The van der Waals surface area contributed by atoms with Crippen LogP contribution in [-0.2, 0) is 15.7 Å². The summed E-state index contributed by atoms with van der Waals surface area (Å²) in [5.41, 5.74) is -2.69. The molecule has 0 radical (unpaired) electrons. The Bertz CT molecular complexity index is 541. The zero-order chi connectivity index (χ0) is 16.2. The van der Waals surface area contributed by atoms with Crippen LogP contribution >= 0.6 is 34.8 Å². The van der Waals surface area contributed by atoms with Crippen molar-refractivity contribution in [2.45, 2.75) is 18.6 Å². The first-order chi connectivity index (χ1) is 9.66. The molecule has 1 unspecified atom stereocenters. The Morgan fingerprint density at radius 3 is 2.29 bits per heavy atom. The average molecular weight is 364 g/mol. The maximum absolute atomic E-state index is 12.5. The molecule has 1 aromatic carbocycles. The summed E-state index contributed by atoms with van der Waals surface area (Å²) in [6.45, 7) is 1.67. The lowest BCUT2D eigenvalue weighted by Crippen LogP contribution is -2.15. The van der Waals surface area contributed by atoms with Gasteiger partial charge < -0.3 is 4.74 Å². The van der Waals surface area contributed by atoms with Crippen LogP contribution in [0.5, 0.6) is 0 Å². The number of alkyl halides is 4. The summed E-state index contributed by atoms with van der Waals surface area (Å²) >= 11 is 16.9.